The van der Waals surface area contributed by atoms with Crippen molar-refractivity contribution in [2.45, 2.75) is 6.54 Å². The molecule has 144 valence electrons. The quantitative estimate of drug-likeness (QED) is 0.588. The van der Waals surface area contributed by atoms with Gasteiger partial charge in [-0.15, -0.1) is 0 Å². The summed E-state index contributed by atoms with van der Waals surface area (Å²) < 4.78 is 1.44. The maximum atomic E-state index is 13.1. The van der Waals surface area contributed by atoms with E-state index < -0.39 is 0 Å². The van der Waals surface area contributed by atoms with E-state index in [-0.39, 0.29) is 11.4 Å². The molecule has 1 aliphatic rings. The number of benzene rings is 3. The van der Waals surface area contributed by atoms with Gasteiger partial charge < -0.3 is 10.0 Å². The van der Waals surface area contributed by atoms with E-state index in [1.54, 1.807) is 0 Å². The first-order valence-corrected chi connectivity index (χ1v) is 9.53. The molecule has 0 unspecified atom stereocenters. The highest BCUT2D eigenvalue weighted by atomic mass is 16.3. The van der Waals surface area contributed by atoms with Crippen LogP contribution in [0.15, 0.2) is 69.4 Å². The van der Waals surface area contributed by atoms with E-state index in [4.69, 9.17) is 9.98 Å². The van der Waals surface area contributed by atoms with Crippen molar-refractivity contribution in [2.24, 2.45) is 9.98 Å². The second-order valence-corrected chi connectivity index (χ2v) is 7.52. The smallest absolute Gasteiger partial charge is 0.261 e. The number of aromatic nitrogens is 1. The zero-order valence-electron chi connectivity index (χ0n) is 16.3. The van der Waals surface area contributed by atoms with Crippen molar-refractivity contribution < 1.29 is 5.11 Å². The zero-order valence-corrected chi connectivity index (χ0v) is 16.3. The lowest BCUT2D eigenvalue weighted by molar-refractivity contribution is 0.353. The van der Waals surface area contributed by atoms with Crippen molar-refractivity contribution in [1.82, 2.24) is 9.47 Å². The fourth-order valence-electron chi connectivity index (χ4n) is 3.87. The minimum Gasteiger partial charge on any atom is -0.494 e. The molecule has 5 rings (SSSR count). The van der Waals surface area contributed by atoms with Crippen LogP contribution in [-0.2, 0) is 6.54 Å². The molecule has 6 heteroatoms. The van der Waals surface area contributed by atoms with Crippen LogP contribution in [0.4, 0.5) is 5.69 Å². The van der Waals surface area contributed by atoms with E-state index in [2.05, 4.69) is 0 Å². The Kier molecular flexibility index (Phi) is 3.96. The summed E-state index contributed by atoms with van der Waals surface area (Å²) in [6.07, 6.45) is 0. The van der Waals surface area contributed by atoms with Crippen molar-refractivity contribution in [3.8, 4) is 5.88 Å². The molecule has 0 spiro atoms. The molecule has 1 N–H and O–H groups in total. The topological polar surface area (TPSA) is 70.2 Å². The molecule has 1 aromatic heterocycles. The molecule has 0 bridgehead atoms. The SMILES string of the molecule is CN(C)CCn1c(O)c2cc3c(c4cccc(c1=O)c24)=NC(c1ccccc1)=N3. The average molecular weight is 384 g/mol. The predicted molar refractivity (Wildman–Crippen MR) is 115 cm³/mol. The lowest BCUT2D eigenvalue weighted by atomic mass is 10.0. The summed E-state index contributed by atoms with van der Waals surface area (Å²) >= 11 is 0. The third kappa shape index (κ3) is 2.72. The molecule has 0 aliphatic carbocycles. The summed E-state index contributed by atoms with van der Waals surface area (Å²) in [4.78, 5) is 24.5. The Bertz CT molecular complexity index is 1400. The first kappa shape index (κ1) is 17.6. The minimum atomic E-state index is -0.190. The molecule has 3 aromatic carbocycles. The minimum absolute atomic E-state index is 0.0216. The Balaban J connectivity index is 1.81. The summed E-state index contributed by atoms with van der Waals surface area (Å²) in [5, 5.41) is 14.5. The van der Waals surface area contributed by atoms with E-state index in [0.29, 0.717) is 35.4 Å². The largest absolute Gasteiger partial charge is 0.494 e. The maximum absolute atomic E-state index is 13.1. The van der Waals surface area contributed by atoms with E-state index >= 15 is 0 Å². The van der Waals surface area contributed by atoms with Crippen LogP contribution >= 0.6 is 0 Å². The summed E-state index contributed by atoms with van der Waals surface area (Å²) in [5.74, 6) is 0.616. The van der Waals surface area contributed by atoms with Crippen LogP contribution in [0.5, 0.6) is 5.88 Å². The fraction of sp³-hybridized carbons (Fsp3) is 0.174. The highest BCUT2D eigenvalue weighted by molar-refractivity contribution is 6.14. The summed E-state index contributed by atoms with van der Waals surface area (Å²) in [5.41, 5.74) is 1.45. The molecular weight excluding hydrogens is 364 g/mol. The Labute approximate surface area is 167 Å². The lowest BCUT2D eigenvalue weighted by Crippen LogP contribution is -2.27. The highest BCUT2D eigenvalue weighted by Crippen LogP contribution is 2.33. The van der Waals surface area contributed by atoms with Crippen LogP contribution in [0.2, 0.25) is 0 Å². The maximum Gasteiger partial charge on any atom is 0.261 e. The van der Waals surface area contributed by atoms with E-state index in [0.717, 1.165) is 21.7 Å². The number of hydrogen-bond donors (Lipinski definition) is 1. The standard InChI is InChI=1S/C23H20N4O2/c1-26(2)11-12-27-22(28)16-10-6-9-15-19(16)17(23(27)29)13-18-20(15)25-21(24-18)14-7-4-3-5-8-14/h3-10,13,29H,11-12H2,1-2H3. The van der Waals surface area contributed by atoms with Gasteiger partial charge >= 0.3 is 0 Å². The van der Waals surface area contributed by atoms with Crippen molar-refractivity contribution >= 4 is 33.1 Å². The number of hydrogen-bond acceptors (Lipinski definition) is 5. The van der Waals surface area contributed by atoms with Crippen LogP contribution in [0.1, 0.15) is 5.56 Å². The molecular formula is C23H20N4O2. The van der Waals surface area contributed by atoms with Crippen LogP contribution < -0.4 is 10.9 Å². The van der Waals surface area contributed by atoms with Gasteiger partial charge in [0.25, 0.3) is 5.56 Å². The number of likely N-dealkylation sites (N-methyl/N-ethyl adjacent to an activating group) is 1. The van der Waals surface area contributed by atoms with E-state index in [9.17, 15) is 9.90 Å². The van der Waals surface area contributed by atoms with E-state index in [1.165, 1.54) is 4.57 Å². The van der Waals surface area contributed by atoms with Gasteiger partial charge in [-0.05, 0) is 26.2 Å². The first-order chi connectivity index (χ1) is 14.0. The monoisotopic (exact) mass is 384 g/mol. The number of fused-ring (bicyclic) bond motifs is 2. The predicted octanol–water partition coefficient (Wildman–Crippen LogP) is 2.85. The van der Waals surface area contributed by atoms with Gasteiger partial charge in [0.15, 0.2) is 5.84 Å². The van der Waals surface area contributed by atoms with Crippen LogP contribution in [0.3, 0.4) is 0 Å². The van der Waals surface area contributed by atoms with Gasteiger partial charge in [0, 0.05) is 40.2 Å². The van der Waals surface area contributed by atoms with Gasteiger partial charge in [-0.3, -0.25) is 9.36 Å². The molecule has 0 atom stereocenters. The van der Waals surface area contributed by atoms with Crippen molar-refractivity contribution in [3.05, 3.63) is 75.9 Å². The number of rotatable bonds is 4. The molecule has 0 fully saturated rings. The Morgan fingerprint density at radius 2 is 1.72 bits per heavy atom. The third-order valence-electron chi connectivity index (χ3n) is 5.33. The number of nitrogens with zero attached hydrogens (tertiary/aromatic N) is 4. The van der Waals surface area contributed by atoms with Gasteiger partial charge in [-0.1, -0.05) is 42.5 Å². The normalized spacial score (nSPS) is 13.1. The molecule has 0 saturated heterocycles. The molecule has 29 heavy (non-hydrogen) atoms. The number of pyridine rings is 1. The van der Waals surface area contributed by atoms with Crippen molar-refractivity contribution in [1.29, 1.82) is 0 Å². The van der Waals surface area contributed by atoms with Gasteiger partial charge in [0.05, 0.1) is 11.0 Å². The summed E-state index contributed by atoms with van der Waals surface area (Å²) in [7, 11) is 3.88. The molecule has 2 heterocycles. The van der Waals surface area contributed by atoms with Gasteiger partial charge in [-0.2, -0.15) is 0 Å². The lowest BCUT2D eigenvalue weighted by Gasteiger charge is -2.16. The second-order valence-electron chi connectivity index (χ2n) is 7.52. The Morgan fingerprint density at radius 3 is 2.48 bits per heavy atom. The molecule has 6 nitrogen and oxygen atoms in total. The average Bonchev–Trinajstić information content (AvgIpc) is 3.16. The van der Waals surface area contributed by atoms with Gasteiger partial charge in [0.2, 0.25) is 5.88 Å². The molecule has 0 saturated carbocycles. The number of aromatic hydroxyl groups is 1. The first-order valence-electron chi connectivity index (χ1n) is 9.53. The molecule has 0 radical (unpaired) electrons. The fourth-order valence-corrected chi connectivity index (χ4v) is 3.87. The Hall–Kier alpha value is -3.51. The second kappa shape index (κ2) is 6.53. The van der Waals surface area contributed by atoms with Gasteiger partial charge in [-0.25, -0.2) is 9.98 Å². The van der Waals surface area contributed by atoms with Gasteiger partial charge in [0.1, 0.15) is 0 Å². The summed E-state index contributed by atoms with van der Waals surface area (Å²) in [6.45, 7) is 1.06. The van der Waals surface area contributed by atoms with Crippen molar-refractivity contribution in [2.75, 3.05) is 20.6 Å². The third-order valence-corrected chi connectivity index (χ3v) is 5.33. The molecule has 1 aliphatic heterocycles. The Morgan fingerprint density at radius 1 is 0.966 bits per heavy atom. The molecule has 4 aromatic rings. The summed E-state index contributed by atoms with van der Waals surface area (Å²) in [6, 6.07) is 17.2. The van der Waals surface area contributed by atoms with E-state index in [1.807, 2.05) is 73.6 Å². The zero-order chi connectivity index (χ0) is 20.1. The van der Waals surface area contributed by atoms with Crippen molar-refractivity contribution in [3.63, 3.8) is 0 Å². The molecule has 0 amide bonds. The number of aliphatic imine (C=N–C) groups is 1. The van der Waals surface area contributed by atoms with Crippen LogP contribution in [-0.4, -0.2) is 41.0 Å². The number of amidine groups is 1. The van der Waals surface area contributed by atoms with Crippen LogP contribution in [0.25, 0.3) is 21.5 Å². The van der Waals surface area contributed by atoms with Crippen LogP contribution in [0, 0.1) is 0 Å². The highest BCUT2D eigenvalue weighted by Gasteiger charge is 2.20.